The van der Waals surface area contributed by atoms with Crippen LogP contribution < -0.4 is 4.74 Å². The zero-order chi connectivity index (χ0) is 15.2. The SMILES string of the molecule is COCCCCCCOCc1ccc(OCCOC)cc1. The van der Waals surface area contributed by atoms with Gasteiger partial charge in [-0.3, -0.25) is 0 Å². The second-order valence-corrected chi connectivity index (χ2v) is 4.94. The first-order valence-corrected chi connectivity index (χ1v) is 7.64. The van der Waals surface area contributed by atoms with Gasteiger partial charge in [-0.15, -0.1) is 0 Å². The second kappa shape index (κ2) is 12.6. The van der Waals surface area contributed by atoms with Crippen LogP contribution in [0.2, 0.25) is 0 Å². The molecule has 1 rings (SSSR count). The van der Waals surface area contributed by atoms with Crippen LogP contribution in [0.5, 0.6) is 5.75 Å². The minimum Gasteiger partial charge on any atom is -0.491 e. The van der Waals surface area contributed by atoms with Crippen LogP contribution in [-0.4, -0.2) is 40.6 Å². The van der Waals surface area contributed by atoms with E-state index in [4.69, 9.17) is 18.9 Å². The Morgan fingerprint density at radius 1 is 0.714 bits per heavy atom. The molecule has 0 saturated carbocycles. The Balaban J connectivity index is 2.04. The highest BCUT2D eigenvalue weighted by atomic mass is 16.5. The summed E-state index contributed by atoms with van der Waals surface area (Å²) in [5.41, 5.74) is 1.17. The third-order valence-electron chi connectivity index (χ3n) is 3.14. The quantitative estimate of drug-likeness (QED) is 0.523. The minimum atomic E-state index is 0.579. The first-order chi connectivity index (χ1) is 10.4. The predicted octanol–water partition coefficient (Wildman–Crippen LogP) is 3.44. The summed E-state index contributed by atoms with van der Waals surface area (Å²) in [7, 11) is 3.42. The Morgan fingerprint density at radius 2 is 1.38 bits per heavy atom. The van der Waals surface area contributed by atoms with Crippen LogP contribution in [0.25, 0.3) is 0 Å². The van der Waals surface area contributed by atoms with Crippen molar-refractivity contribution in [2.24, 2.45) is 0 Å². The molecule has 0 N–H and O–H groups in total. The Hall–Kier alpha value is -1.10. The number of hydrogen-bond acceptors (Lipinski definition) is 4. The molecule has 0 radical (unpaired) electrons. The fourth-order valence-electron chi connectivity index (χ4n) is 1.92. The summed E-state index contributed by atoms with van der Waals surface area (Å²) in [5, 5.41) is 0. The first-order valence-electron chi connectivity index (χ1n) is 7.64. The molecular weight excluding hydrogens is 268 g/mol. The average molecular weight is 296 g/mol. The van der Waals surface area contributed by atoms with Gasteiger partial charge in [-0.25, -0.2) is 0 Å². The van der Waals surface area contributed by atoms with Gasteiger partial charge in [0.1, 0.15) is 12.4 Å². The first kappa shape index (κ1) is 18.0. The number of methoxy groups -OCH3 is 2. The van der Waals surface area contributed by atoms with Gasteiger partial charge in [0, 0.05) is 27.4 Å². The summed E-state index contributed by atoms with van der Waals surface area (Å²) in [6.07, 6.45) is 4.67. The van der Waals surface area contributed by atoms with E-state index in [0.717, 1.165) is 31.8 Å². The van der Waals surface area contributed by atoms with Crippen molar-refractivity contribution in [3.05, 3.63) is 29.8 Å². The average Bonchev–Trinajstić information content (AvgIpc) is 2.52. The molecule has 1 aromatic rings. The van der Waals surface area contributed by atoms with E-state index in [1.54, 1.807) is 14.2 Å². The molecule has 0 saturated heterocycles. The molecule has 0 aliphatic rings. The Bertz CT molecular complexity index is 337. The van der Waals surface area contributed by atoms with Crippen molar-refractivity contribution < 1.29 is 18.9 Å². The van der Waals surface area contributed by atoms with Gasteiger partial charge in [0.25, 0.3) is 0 Å². The molecule has 0 bridgehead atoms. The minimum absolute atomic E-state index is 0.579. The Morgan fingerprint density at radius 3 is 2.05 bits per heavy atom. The standard InChI is InChI=1S/C17H28O4/c1-18-11-5-3-4-6-12-20-15-16-7-9-17(10-8-16)21-14-13-19-2/h7-10H,3-6,11-15H2,1-2H3. The van der Waals surface area contributed by atoms with Crippen molar-refractivity contribution in [2.75, 3.05) is 40.6 Å². The van der Waals surface area contributed by atoms with Crippen molar-refractivity contribution in [1.29, 1.82) is 0 Å². The highest BCUT2D eigenvalue weighted by Crippen LogP contribution is 2.13. The molecule has 0 aliphatic carbocycles. The summed E-state index contributed by atoms with van der Waals surface area (Å²) < 4.78 is 21.1. The molecule has 0 heterocycles. The van der Waals surface area contributed by atoms with Crippen LogP contribution in [0.3, 0.4) is 0 Å². The van der Waals surface area contributed by atoms with Crippen molar-refractivity contribution in [3.63, 3.8) is 0 Å². The third-order valence-corrected chi connectivity index (χ3v) is 3.14. The molecule has 120 valence electrons. The lowest BCUT2D eigenvalue weighted by molar-refractivity contribution is 0.115. The van der Waals surface area contributed by atoms with Gasteiger partial charge < -0.3 is 18.9 Å². The largest absolute Gasteiger partial charge is 0.491 e. The van der Waals surface area contributed by atoms with Crippen molar-refractivity contribution in [2.45, 2.75) is 32.3 Å². The van der Waals surface area contributed by atoms with Crippen molar-refractivity contribution >= 4 is 0 Å². The molecule has 21 heavy (non-hydrogen) atoms. The molecular formula is C17H28O4. The number of ether oxygens (including phenoxy) is 4. The maximum Gasteiger partial charge on any atom is 0.119 e. The lowest BCUT2D eigenvalue weighted by Gasteiger charge is -2.07. The van der Waals surface area contributed by atoms with Gasteiger partial charge in [-0.2, -0.15) is 0 Å². The molecule has 4 heteroatoms. The number of rotatable bonds is 13. The summed E-state index contributed by atoms with van der Waals surface area (Å²) in [4.78, 5) is 0. The summed E-state index contributed by atoms with van der Waals surface area (Å²) in [6.45, 7) is 3.53. The maximum atomic E-state index is 5.67. The molecule has 4 nitrogen and oxygen atoms in total. The van der Waals surface area contributed by atoms with Gasteiger partial charge in [-0.1, -0.05) is 25.0 Å². The predicted molar refractivity (Wildman–Crippen MR) is 83.8 cm³/mol. The molecule has 0 unspecified atom stereocenters. The molecule has 0 fully saturated rings. The van der Waals surface area contributed by atoms with Crippen LogP contribution in [0.1, 0.15) is 31.2 Å². The fraction of sp³-hybridized carbons (Fsp3) is 0.647. The highest BCUT2D eigenvalue weighted by Gasteiger charge is 1.97. The van der Waals surface area contributed by atoms with E-state index >= 15 is 0 Å². The maximum absolute atomic E-state index is 5.67. The van der Waals surface area contributed by atoms with Gasteiger partial charge in [0.15, 0.2) is 0 Å². The smallest absolute Gasteiger partial charge is 0.119 e. The zero-order valence-corrected chi connectivity index (χ0v) is 13.3. The number of hydrogen-bond donors (Lipinski definition) is 0. The molecule has 1 aromatic carbocycles. The lowest BCUT2D eigenvalue weighted by Crippen LogP contribution is -2.04. The van der Waals surface area contributed by atoms with E-state index in [-0.39, 0.29) is 0 Å². The van der Waals surface area contributed by atoms with E-state index in [0.29, 0.717) is 19.8 Å². The molecule has 0 aliphatic heterocycles. The van der Waals surface area contributed by atoms with Crippen LogP contribution >= 0.6 is 0 Å². The van der Waals surface area contributed by atoms with Crippen LogP contribution in [0, 0.1) is 0 Å². The molecule has 0 amide bonds. The second-order valence-electron chi connectivity index (χ2n) is 4.94. The summed E-state index contributed by atoms with van der Waals surface area (Å²) in [5.74, 6) is 0.869. The Labute approximate surface area is 128 Å². The number of benzene rings is 1. The van der Waals surface area contributed by atoms with E-state index < -0.39 is 0 Å². The normalized spacial score (nSPS) is 10.8. The van der Waals surface area contributed by atoms with E-state index in [9.17, 15) is 0 Å². The topological polar surface area (TPSA) is 36.9 Å². The Kier molecular flexibility index (Phi) is 10.8. The van der Waals surface area contributed by atoms with E-state index in [2.05, 4.69) is 0 Å². The summed E-state index contributed by atoms with van der Waals surface area (Å²) >= 11 is 0. The highest BCUT2D eigenvalue weighted by molar-refractivity contribution is 5.26. The molecule has 0 aromatic heterocycles. The lowest BCUT2D eigenvalue weighted by atomic mass is 10.2. The zero-order valence-electron chi connectivity index (χ0n) is 13.3. The van der Waals surface area contributed by atoms with Crippen molar-refractivity contribution in [1.82, 2.24) is 0 Å². The monoisotopic (exact) mass is 296 g/mol. The van der Waals surface area contributed by atoms with Gasteiger partial charge >= 0.3 is 0 Å². The van der Waals surface area contributed by atoms with Crippen molar-refractivity contribution in [3.8, 4) is 5.75 Å². The van der Waals surface area contributed by atoms with Gasteiger partial charge in [-0.05, 0) is 30.5 Å². The van der Waals surface area contributed by atoms with E-state index in [1.165, 1.54) is 18.4 Å². The van der Waals surface area contributed by atoms with Gasteiger partial charge in [0.2, 0.25) is 0 Å². The van der Waals surface area contributed by atoms with Crippen LogP contribution in [0.4, 0.5) is 0 Å². The fourth-order valence-corrected chi connectivity index (χ4v) is 1.92. The van der Waals surface area contributed by atoms with E-state index in [1.807, 2.05) is 24.3 Å². The molecule has 0 atom stereocenters. The number of unbranched alkanes of at least 4 members (excludes halogenated alkanes) is 3. The third kappa shape index (κ3) is 9.45. The van der Waals surface area contributed by atoms with Gasteiger partial charge in [0.05, 0.1) is 13.2 Å². The summed E-state index contributed by atoms with van der Waals surface area (Å²) in [6, 6.07) is 8.03. The van der Waals surface area contributed by atoms with Crippen LogP contribution in [0.15, 0.2) is 24.3 Å². The molecule has 0 spiro atoms. The van der Waals surface area contributed by atoms with Crippen LogP contribution in [-0.2, 0) is 20.8 Å².